The first-order valence-corrected chi connectivity index (χ1v) is 10.8. The van der Waals surface area contributed by atoms with Crippen LogP contribution in [-0.2, 0) is 10.0 Å². The van der Waals surface area contributed by atoms with Crippen molar-refractivity contribution in [1.29, 1.82) is 0 Å². The maximum Gasteiger partial charge on any atom is 0.265 e. The standard InChI is InChI=1S/C21H18N4O3S/c1-14-19-17(21(26)24-29(2,27)28)13-18(15-9-5-3-6-10-15)22-20(19)25(23-14)16-11-7-4-8-12-16/h3-13H,1-2H3,(H,24,26). The van der Waals surface area contributed by atoms with Crippen molar-refractivity contribution in [3.63, 3.8) is 0 Å². The number of carbonyl (C=O) groups excluding carboxylic acids is 1. The van der Waals surface area contributed by atoms with Crippen molar-refractivity contribution in [2.75, 3.05) is 6.26 Å². The van der Waals surface area contributed by atoms with Crippen LogP contribution in [0.15, 0.2) is 66.7 Å². The van der Waals surface area contributed by atoms with Gasteiger partial charge in [0, 0.05) is 5.56 Å². The molecule has 7 nitrogen and oxygen atoms in total. The highest BCUT2D eigenvalue weighted by atomic mass is 32.2. The maximum absolute atomic E-state index is 12.8. The number of para-hydroxylation sites is 1. The summed E-state index contributed by atoms with van der Waals surface area (Å²) in [5, 5.41) is 5.07. The molecule has 8 heteroatoms. The van der Waals surface area contributed by atoms with Crippen LogP contribution in [0, 0.1) is 6.92 Å². The van der Waals surface area contributed by atoms with Crippen molar-refractivity contribution in [3.05, 3.63) is 78.0 Å². The number of aromatic nitrogens is 3. The summed E-state index contributed by atoms with van der Waals surface area (Å²) in [4.78, 5) is 17.6. The molecule has 0 aliphatic rings. The molecule has 0 bridgehead atoms. The van der Waals surface area contributed by atoms with Crippen LogP contribution in [0.25, 0.3) is 28.0 Å². The average molecular weight is 406 g/mol. The first kappa shape index (κ1) is 18.8. The van der Waals surface area contributed by atoms with E-state index in [4.69, 9.17) is 4.98 Å². The number of benzene rings is 2. The highest BCUT2D eigenvalue weighted by Gasteiger charge is 2.22. The van der Waals surface area contributed by atoms with Crippen LogP contribution in [0.4, 0.5) is 0 Å². The summed E-state index contributed by atoms with van der Waals surface area (Å²) in [6.45, 7) is 1.77. The third kappa shape index (κ3) is 3.74. The molecule has 0 aliphatic heterocycles. The molecule has 0 radical (unpaired) electrons. The number of amides is 1. The second kappa shape index (κ2) is 7.14. The predicted molar refractivity (Wildman–Crippen MR) is 111 cm³/mol. The van der Waals surface area contributed by atoms with Crippen molar-refractivity contribution < 1.29 is 13.2 Å². The largest absolute Gasteiger partial charge is 0.268 e. The Hall–Kier alpha value is -3.52. The molecule has 0 unspecified atom stereocenters. The number of carbonyl (C=O) groups is 1. The Balaban J connectivity index is 2.03. The monoisotopic (exact) mass is 406 g/mol. The average Bonchev–Trinajstić information content (AvgIpc) is 3.04. The van der Waals surface area contributed by atoms with Crippen LogP contribution in [0.2, 0.25) is 0 Å². The number of pyridine rings is 1. The van der Waals surface area contributed by atoms with Gasteiger partial charge in [-0.15, -0.1) is 0 Å². The van der Waals surface area contributed by atoms with Gasteiger partial charge in [-0.05, 0) is 25.1 Å². The molecular formula is C21H18N4O3S. The minimum Gasteiger partial charge on any atom is -0.268 e. The van der Waals surface area contributed by atoms with Crippen LogP contribution in [-0.4, -0.2) is 35.3 Å². The summed E-state index contributed by atoms with van der Waals surface area (Å²) in [5.74, 6) is -0.715. The predicted octanol–water partition coefficient (Wildman–Crippen LogP) is 3.09. The molecule has 1 amide bonds. The molecule has 1 N–H and O–H groups in total. The molecule has 4 rings (SSSR count). The smallest absolute Gasteiger partial charge is 0.265 e. The van der Waals surface area contributed by atoms with Gasteiger partial charge < -0.3 is 0 Å². The summed E-state index contributed by atoms with van der Waals surface area (Å²) >= 11 is 0. The van der Waals surface area contributed by atoms with E-state index in [-0.39, 0.29) is 5.56 Å². The molecule has 0 saturated heterocycles. The third-order valence-corrected chi connectivity index (χ3v) is 4.96. The van der Waals surface area contributed by atoms with Gasteiger partial charge in [0.2, 0.25) is 10.0 Å². The number of fused-ring (bicyclic) bond motifs is 1. The maximum atomic E-state index is 12.8. The third-order valence-electron chi connectivity index (χ3n) is 4.41. The van der Waals surface area contributed by atoms with Crippen LogP contribution >= 0.6 is 0 Å². The molecule has 0 fully saturated rings. The molecule has 2 heterocycles. The van der Waals surface area contributed by atoms with Gasteiger partial charge in [-0.3, -0.25) is 4.79 Å². The van der Waals surface area contributed by atoms with Crippen molar-refractivity contribution in [1.82, 2.24) is 19.5 Å². The van der Waals surface area contributed by atoms with Gasteiger partial charge in [-0.25, -0.2) is 22.8 Å². The van der Waals surface area contributed by atoms with E-state index in [0.717, 1.165) is 17.5 Å². The number of nitrogens with zero attached hydrogens (tertiary/aromatic N) is 3. The zero-order valence-corrected chi connectivity index (χ0v) is 16.6. The van der Waals surface area contributed by atoms with E-state index in [1.54, 1.807) is 17.7 Å². The lowest BCUT2D eigenvalue weighted by Crippen LogP contribution is -2.29. The van der Waals surface area contributed by atoms with Crippen LogP contribution in [0.1, 0.15) is 16.1 Å². The zero-order valence-electron chi connectivity index (χ0n) is 15.8. The van der Waals surface area contributed by atoms with E-state index in [1.807, 2.05) is 60.7 Å². The molecule has 0 atom stereocenters. The van der Waals surface area contributed by atoms with Gasteiger partial charge in [-0.2, -0.15) is 5.10 Å². The topological polar surface area (TPSA) is 93.9 Å². The van der Waals surface area contributed by atoms with Gasteiger partial charge in [0.15, 0.2) is 5.65 Å². The van der Waals surface area contributed by atoms with Gasteiger partial charge in [0.25, 0.3) is 5.91 Å². The first-order chi connectivity index (χ1) is 13.8. The number of hydrogen-bond acceptors (Lipinski definition) is 5. The van der Waals surface area contributed by atoms with Crippen LogP contribution in [0.3, 0.4) is 0 Å². The Morgan fingerprint density at radius 3 is 2.24 bits per heavy atom. The molecular weight excluding hydrogens is 388 g/mol. The molecule has 2 aromatic heterocycles. The normalized spacial score (nSPS) is 11.5. The Kier molecular flexibility index (Phi) is 4.63. The summed E-state index contributed by atoms with van der Waals surface area (Å²) in [6.07, 6.45) is 0.946. The fourth-order valence-corrected chi connectivity index (χ4v) is 3.64. The molecule has 2 aromatic carbocycles. The Labute approximate surface area is 168 Å². The van der Waals surface area contributed by atoms with E-state index >= 15 is 0 Å². The van der Waals surface area contributed by atoms with Crippen molar-refractivity contribution >= 4 is 27.0 Å². The van der Waals surface area contributed by atoms with Crippen molar-refractivity contribution in [2.45, 2.75) is 6.92 Å². The Morgan fingerprint density at radius 1 is 1.00 bits per heavy atom. The van der Waals surface area contributed by atoms with Gasteiger partial charge in [-0.1, -0.05) is 48.5 Å². The Bertz CT molecular complexity index is 1310. The second-order valence-electron chi connectivity index (χ2n) is 6.66. The van der Waals surface area contributed by atoms with E-state index in [2.05, 4.69) is 9.82 Å². The molecule has 4 aromatic rings. The highest BCUT2D eigenvalue weighted by molar-refractivity contribution is 7.89. The summed E-state index contributed by atoms with van der Waals surface area (Å²) in [6, 6.07) is 20.4. The van der Waals surface area contributed by atoms with Gasteiger partial charge >= 0.3 is 0 Å². The first-order valence-electron chi connectivity index (χ1n) is 8.87. The highest BCUT2D eigenvalue weighted by Crippen LogP contribution is 2.28. The van der Waals surface area contributed by atoms with Crippen LogP contribution in [0.5, 0.6) is 0 Å². The zero-order chi connectivity index (χ0) is 20.6. The quantitative estimate of drug-likeness (QED) is 0.562. The fourth-order valence-electron chi connectivity index (χ4n) is 3.20. The lowest BCUT2D eigenvalue weighted by Gasteiger charge is -2.09. The summed E-state index contributed by atoms with van der Waals surface area (Å²) in [7, 11) is -3.72. The second-order valence-corrected chi connectivity index (χ2v) is 8.40. The molecule has 29 heavy (non-hydrogen) atoms. The minimum atomic E-state index is -3.72. The fraction of sp³-hybridized carbons (Fsp3) is 0.0952. The van der Waals surface area contributed by atoms with Crippen molar-refractivity contribution in [3.8, 4) is 16.9 Å². The van der Waals surface area contributed by atoms with Crippen LogP contribution < -0.4 is 4.72 Å². The lowest BCUT2D eigenvalue weighted by atomic mass is 10.1. The lowest BCUT2D eigenvalue weighted by molar-refractivity contribution is 0.0983. The van der Waals surface area contributed by atoms with E-state index < -0.39 is 15.9 Å². The Morgan fingerprint density at radius 2 is 1.62 bits per heavy atom. The molecule has 0 spiro atoms. The van der Waals surface area contributed by atoms with Gasteiger partial charge in [0.05, 0.1) is 34.3 Å². The summed E-state index contributed by atoms with van der Waals surface area (Å²) in [5.41, 5.74) is 3.41. The number of hydrogen-bond donors (Lipinski definition) is 1. The molecule has 0 aliphatic carbocycles. The number of rotatable bonds is 4. The molecule has 0 saturated carbocycles. The van der Waals surface area contributed by atoms with E-state index in [1.165, 1.54) is 0 Å². The van der Waals surface area contributed by atoms with Crippen molar-refractivity contribution in [2.24, 2.45) is 0 Å². The van der Waals surface area contributed by atoms with E-state index in [0.29, 0.717) is 22.4 Å². The SMILES string of the molecule is Cc1nn(-c2ccccc2)c2nc(-c3ccccc3)cc(C(=O)NS(C)(=O)=O)c12. The summed E-state index contributed by atoms with van der Waals surface area (Å²) < 4.78 is 27.0. The van der Waals surface area contributed by atoms with E-state index in [9.17, 15) is 13.2 Å². The molecule has 146 valence electrons. The number of aryl methyl sites for hydroxylation is 1. The number of nitrogens with one attached hydrogen (secondary N) is 1. The number of sulfonamides is 1. The van der Waals surface area contributed by atoms with Gasteiger partial charge in [0.1, 0.15) is 0 Å². The minimum absolute atomic E-state index is 0.207.